The maximum Gasteiger partial charge on any atom is 0.273 e. The number of aryl methyl sites for hydroxylation is 2. The molecule has 4 aromatic rings. The van der Waals surface area contributed by atoms with Gasteiger partial charge in [0.05, 0.1) is 5.69 Å². The molecule has 6 nitrogen and oxygen atoms in total. The average molecular weight is 305 g/mol. The van der Waals surface area contributed by atoms with Gasteiger partial charge in [-0.1, -0.05) is 30.3 Å². The zero-order chi connectivity index (χ0) is 16.0. The van der Waals surface area contributed by atoms with Crippen molar-refractivity contribution in [1.29, 1.82) is 0 Å². The molecule has 1 aromatic carbocycles. The number of hydrogen-bond acceptors (Lipinski definition) is 3. The van der Waals surface area contributed by atoms with Crippen LogP contribution in [0.4, 0.5) is 0 Å². The Morgan fingerprint density at radius 3 is 2.57 bits per heavy atom. The molecule has 114 valence electrons. The molecule has 0 fully saturated rings. The molecule has 0 bridgehead atoms. The monoisotopic (exact) mass is 305 g/mol. The second-order valence-corrected chi connectivity index (χ2v) is 5.49. The summed E-state index contributed by atoms with van der Waals surface area (Å²) in [4.78, 5) is 17.1. The molecule has 3 heterocycles. The molecule has 23 heavy (non-hydrogen) atoms. The Morgan fingerprint density at radius 2 is 1.87 bits per heavy atom. The molecule has 0 saturated heterocycles. The molecule has 1 N–H and O–H groups in total. The normalized spacial score (nSPS) is 11.2. The zero-order valence-electron chi connectivity index (χ0n) is 12.8. The number of fused-ring (bicyclic) bond motifs is 1. The predicted molar refractivity (Wildman–Crippen MR) is 88.2 cm³/mol. The van der Waals surface area contributed by atoms with E-state index in [0.717, 1.165) is 16.8 Å². The number of aromatic amines is 1. The van der Waals surface area contributed by atoms with Gasteiger partial charge in [-0.05, 0) is 18.6 Å². The summed E-state index contributed by atoms with van der Waals surface area (Å²) in [5.74, 6) is 0. The number of benzene rings is 1. The molecule has 0 amide bonds. The van der Waals surface area contributed by atoms with Crippen LogP contribution in [-0.4, -0.2) is 24.4 Å². The predicted octanol–water partition coefficient (Wildman–Crippen LogP) is 2.40. The molecule has 0 saturated carbocycles. The van der Waals surface area contributed by atoms with Gasteiger partial charge in [0.2, 0.25) is 0 Å². The van der Waals surface area contributed by atoms with Gasteiger partial charge in [0.1, 0.15) is 5.69 Å². The number of nitrogens with zero attached hydrogens (tertiary/aromatic N) is 4. The van der Waals surface area contributed by atoms with Crippen LogP contribution in [0.3, 0.4) is 0 Å². The van der Waals surface area contributed by atoms with Crippen LogP contribution in [0, 0.1) is 6.92 Å². The van der Waals surface area contributed by atoms with Gasteiger partial charge in [0.15, 0.2) is 5.65 Å². The molecule has 6 heteroatoms. The van der Waals surface area contributed by atoms with Crippen LogP contribution >= 0.6 is 0 Å². The Kier molecular flexibility index (Phi) is 2.90. The van der Waals surface area contributed by atoms with Crippen molar-refractivity contribution in [1.82, 2.24) is 24.4 Å². The molecule has 0 aliphatic rings. The van der Waals surface area contributed by atoms with E-state index >= 15 is 0 Å². The summed E-state index contributed by atoms with van der Waals surface area (Å²) in [5.41, 5.74) is 4.58. The molecular formula is C17H15N5O. The van der Waals surface area contributed by atoms with E-state index in [4.69, 9.17) is 0 Å². The number of rotatable bonds is 2. The van der Waals surface area contributed by atoms with Crippen LogP contribution in [0.2, 0.25) is 0 Å². The Morgan fingerprint density at radius 1 is 1.09 bits per heavy atom. The lowest BCUT2D eigenvalue weighted by Gasteiger charge is -2.01. The summed E-state index contributed by atoms with van der Waals surface area (Å²) >= 11 is 0. The van der Waals surface area contributed by atoms with Crippen molar-refractivity contribution in [3.63, 3.8) is 0 Å². The first-order chi connectivity index (χ1) is 11.1. The molecule has 0 radical (unpaired) electrons. The zero-order valence-corrected chi connectivity index (χ0v) is 12.8. The van der Waals surface area contributed by atoms with Crippen molar-refractivity contribution < 1.29 is 0 Å². The van der Waals surface area contributed by atoms with E-state index in [1.165, 1.54) is 10.6 Å². The molecule has 0 spiro atoms. The molecular weight excluding hydrogens is 290 g/mol. The minimum Gasteiger partial charge on any atom is -0.293 e. The van der Waals surface area contributed by atoms with Crippen LogP contribution in [0.15, 0.2) is 53.5 Å². The Labute approximate surface area is 132 Å². The Balaban J connectivity index is 2.03. The summed E-state index contributed by atoms with van der Waals surface area (Å²) in [6, 6.07) is 13.3. The van der Waals surface area contributed by atoms with Crippen LogP contribution in [0.1, 0.15) is 5.69 Å². The van der Waals surface area contributed by atoms with E-state index in [-0.39, 0.29) is 5.56 Å². The third kappa shape index (κ3) is 2.15. The number of nitrogens with one attached hydrogen (secondary N) is 1. The molecule has 0 aliphatic heterocycles. The summed E-state index contributed by atoms with van der Waals surface area (Å²) < 4.78 is 3.17. The summed E-state index contributed by atoms with van der Waals surface area (Å²) in [5, 5.41) is 7.43. The lowest BCUT2D eigenvalue weighted by molar-refractivity contribution is 0.769. The van der Waals surface area contributed by atoms with Crippen molar-refractivity contribution >= 4 is 5.65 Å². The fraction of sp³-hybridized carbons (Fsp3) is 0.118. The Hall–Kier alpha value is -3.15. The highest BCUT2D eigenvalue weighted by atomic mass is 16.1. The molecule has 3 aromatic heterocycles. The van der Waals surface area contributed by atoms with Crippen molar-refractivity contribution in [2.75, 3.05) is 0 Å². The SMILES string of the molecule is Cc1[nH]n2c(=O)cc(-c3ccn(C)n3)nc2c1-c1ccccc1. The number of hydrogen-bond donors (Lipinski definition) is 1. The highest BCUT2D eigenvalue weighted by Gasteiger charge is 2.15. The first-order valence-corrected chi connectivity index (χ1v) is 7.31. The summed E-state index contributed by atoms with van der Waals surface area (Å²) in [7, 11) is 1.84. The molecule has 4 rings (SSSR count). The van der Waals surface area contributed by atoms with Crippen LogP contribution in [-0.2, 0) is 7.05 Å². The lowest BCUT2D eigenvalue weighted by Crippen LogP contribution is -2.14. The van der Waals surface area contributed by atoms with E-state index in [1.807, 2.05) is 56.6 Å². The highest BCUT2D eigenvalue weighted by molar-refractivity contribution is 5.80. The lowest BCUT2D eigenvalue weighted by atomic mass is 10.1. The van der Waals surface area contributed by atoms with Gasteiger partial charge < -0.3 is 0 Å². The topological polar surface area (TPSA) is 68.0 Å². The van der Waals surface area contributed by atoms with Crippen molar-refractivity contribution in [2.24, 2.45) is 7.05 Å². The second kappa shape index (κ2) is 4.95. The highest BCUT2D eigenvalue weighted by Crippen LogP contribution is 2.27. The van der Waals surface area contributed by atoms with E-state index in [9.17, 15) is 4.79 Å². The molecule has 0 atom stereocenters. The van der Waals surface area contributed by atoms with Gasteiger partial charge in [-0.3, -0.25) is 14.6 Å². The largest absolute Gasteiger partial charge is 0.293 e. The molecule has 0 unspecified atom stereocenters. The Bertz CT molecular complexity index is 1060. The fourth-order valence-electron chi connectivity index (χ4n) is 2.78. The molecule has 0 aliphatic carbocycles. The van der Waals surface area contributed by atoms with Gasteiger partial charge in [-0.25, -0.2) is 9.50 Å². The van der Waals surface area contributed by atoms with Crippen molar-refractivity contribution in [2.45, 2.75) is 6.92 Å². The fourth-order valence-corrected chi connectivity index (χ4v) is 2.78. The van der Waals surface area contributed by atoms with E-state index in [1.54, 1.807) is 4.68 Å². The standard InChI is InChI=1S/C17H15N5O/c1-11-16(12-6-4-3-5-7-12)17-18-14(10-15(23)22(17)19-11)13-8-9-21(2)20-13/h3-10,19H,1-2H3. The second-order valence-electron chi connectivity index (χ2n) is 5.49. The first kappa shape index (κ1) is 13.5. The third-order valence-corrected chi connectivity index (χ3v) is 3.84. The van der Waals surface area contributed by atoms with E-state index in [0.29, 0.717) is 17.0 Å². The number of aromatic nitrogens is 5. The summed E-state index contributed by atoms with van der Waals surface area (Å²) in [6.45, 7) is 1.94. The van der Waals surface area contributed by atoms with Gasteiger partial charge >= 0.3 is 0 Å². The van der Waals surface area contributed by atoms with E-state index in [2.05, 4.69) is 15.2 Å². The van der Waals surface area contributed by atoms with Gasteiger partial charge in [0, 0.05) is 30.6 Å². The van der Waals surface area contributed by atoms with Crippen LogP contribution < -0.4 is 5.56 Å². The number of H-pyrrole nitrogens is 1. The minimum atomic E-state index is -0.152. The van der Waals surface area contributed by atoms with Gasteiger partial charge in [-0.15, -0.1) is 0 Å². The summed E-state index contributed by atoms with van der Waals surface area (Å²) in [6.07, 6.45) is 1.83. The maximum atomic E-state index is 12.4. The first-order valence-electron chi connectivity index (χ1n) is 7.31. The van der Waals surface area contributed by atoms with Crippen LogP contribution in [0.25, 0.3) is 28.2 Å². The van der Waals surface area contributed by atoms with Crippen molar-refractivity contribution in [3.05, 3.63) is 64.7 Å². The quantitative estimate of drug-likeness (QED) is 0.618. The average Bonchev–Trinajstić information content (AvgIpc) is 3.11. The van der Waals surface area contributed by atoms with Crippen LogP contribution in [0.5, 0.6) is 0 Å². The third-order valence-electron chi connectivity index (χ3n) is 3.84. The van der Waals surface area contributed by atoms with E-state index < -0.39 is 0 Å². The minimum absolute atomic E-state index is 0.152. The van der Waals surface area contributed by atoms with Gasteiger partial charge in [0.25, 0.3) is 5.56 Å². The smallest absolute Gasteiger partial charge is 0.273 e. The van der Waals surface area contributed by atoms with Gasteiger partial charge in [-0.2, -0.15) is 5.10 Å². The maximum absolute atomic E-state index is 12.4. The van der Waals surface area contributed by atoms with Crippen molar-refractivity contribution in [3.8, 4) is 22.5 Å².